The normalized spacial score (nSPS) is 13.9. The summed E-state index contributed by atoms with van der Waals surface area (Å²) in [6, 6.07) is -0.802. The van der Waals surface area contributed by atoms with Crippen molar-refractivity contribution >= 4 is 13.7 Å². The molecule has 0 bridgehead atoms. The van der Waals surface area contributed by atoms with Gasteiger partial charge in [0.05, 0.1) is 39.9 Å². The van der Waals surface area contributed by atoms with Crippen molar-refractivity contribution in [1.82, 2.24) is 5.32 Å². The summed E-state index contributed by atoms with van der Waals surface area (Å²) in [6.07, 6.45) is 62.6. The third kappa shape index (κ3) is 53.0. The zero-order chi connectivity index (χ0) is 49.9. The standard InChI is InChI=1S/C59H119N2O6P/c1-6-8-10-12-14-16-18-20-22-23-24-25-26-27-28-29-30-31-32-33-34-35-36-37-39-40-42-44-46-48-50-52-58(62)57(56-67-68(64,65)66-55-54-61(3,4)5)60-59(63)53-51-49-47-45-43-41-38-21-19-17-15-13-11-9-7-2/h21,38,57-58,62H,6-20,22-37,39-56H2,1-5H3,(H-,60,63,64,65)/b38-21-. The Balaban J connectivity index is 4.01. The van der Waals surface area contributed by atoms with E-state index >= 15 is 0 Å². The molecule has 0 aromatic rings. The molecule has 406 valence electrons. The fourth-order valence-corrected chi connectivity index (χ4v) is 10.00. The lowest BCUT2D eigenvalue weighted by Gasteiger charge is -2.30. The quantitative estimate of drug-likeness (QED) is 0.0272. The van der Waals surface area contributed by atoms with E-state index in [-0.39, 0.29) is 19.1 Å². The van der Waals surface area contributed by atoms with Crippen LogP contribution in [0.15, 0.2) is 12.2 Å². The van der Waals surface area contributed by atoms with E-state index in [4.69, 9.17) is 9.05 Å². The van der Waals surface area contributed by atoms with Gasteiger partial charge in [0.1, 0.15) is 13.2 Å². The van der Waals surface area contributed by atoms with Crippen molar-refractivity contribution in [1.29, 1.82) is 0 Å². The number of unbranched alkanes of at least 4 members (excludes halogenated alkanes) is 41. The number of phosphoric acid groups is 1. The second-order valence-corrected chi connectivity index (χ2v) is 23.5. The summed E-state index contributed by atoms with van der Waals surface area (Å²) in [5.41, 5.74) is 0. The number of aliphatic hydroxyl groups excluding tert-OH is 1. The van der Waals surface area contributed by atoms with Gasteiger partial charge in [0.15, 0.2) is 0 Å². The van der Waals surface area contributed by atoms with Crippen LogP contribution in [-0.4, -0.2) is 68.5 Å². The Kier molecular flexibility index (Phi) is 50.6. The Morgan fingerprint density at radius 3 is 1.15 bits per heavy atom. The Labute approximate surface area is 424 Å². The van der Waals surface area contributed by atoms with E-state index < -0.39 is 20.0 Å². The number of rotatable bonds is 56. The van der Waals surface area contributed by atoms with Gasteiger partial charge in [0.25, 0.3) is 7.82 Å². The van der Waals surface area contributed by atoms with Crippen LogP contribution in [0.2, 0.25) is 0 Å². The van der Waals surface area contributed by atoms with Crippen LogP contribution in [0, 0.1) is 0 Å². The van der Waals surface area contributed by atoms with E-state index in [1.807, 2.05) is 21.1 Å². The molecule has 0 radical (unpaired) electrons. The van der Waals surface area contributed by atoms with Gasteiger partial charge in [0, 0.05) is 6.42 Å². The molecular formula is C59H119N2O6P. The molecule has 2 N–H and O–H groups in total. The van der Waals surface area contributed by atoms with E-state index in [0.29, 0.717) is 23.9 Å². The zero-order valence-corrected chi connectivity index (χ0v) is 47.2. The molecule has 0 rings (SSSR count). The molecule has 0 fully saturated rings. The number of nitrogens with zero attached hydrogens (tertiary/aromatic N) is 1. The number of likely N-dealkylation sites (N-methyl/N-ethyl adjacent to an activating group) is 1. The number of quaternary nitrogens is 1. The number of hydrogen-bond acceptors (Lipinski definition) is 6. The van der Waals surface area contributed by atoms with Crippen LogP contribution in [-0.2, 0) is 18.4 Å². The number of carbonyl (C=O) groups excluding carboxylic acids is 1. The summed E-state index contributed by atoms with van der Waals surface area (Å²) < 4.78 is 23.4. The monoisotopic (exact) mass is 983 g/mol. The van der Waals surface area contributed by atoms with Gasteiger partial charge in [-0.05, 0) is 38.5 Å². The number of allylic oxidation sites excluding steroid dienone is 2. The summed E-state index contributed by atoms with van der Waals surface area (Å²) in [5.74, 6) is -0.169. The molecule has 0 aliphatic rings. The van der Waals surface area contributed by atoms with Gasteiger partial charge in [-0.3, -0.25) is 9.36 Å². The molecule has 3 atom stereocenters. The van der Waals surface area contributed by atoms with Gasteiger partial charge in [-0.15, -0.1) is 0 Å². The van der Waals surface area contributed by atoms with Gasteiger partial charge < -0.3 is 28.8 Å². The second kappa shape index (κ2) is 51.2. The molecule has 9 heteroatoms. The molecule has 0 saturated carbocycles. The first-order chi connectivity index (χ1) is 33.0. The van der Waals surface area contributed by atoms with Crippen LogP contribution in [0.5, 0.6) is 0 Å². The minimum absolute atomic E-state index is 0.0129. The van der Waals surface area contributed by atoms with Crippen molar-refractivity contribution in [2.24, 2.45) is 0 Å². The molecule has 0 spiro atoms. The number of aliphatic hydroxyl groups is 1. The first-order valence-electron chi connectivity index (χ1n) is 30.0. The van der Waals surface area contributed by atoms with Crippen LogP contribution in [0.1, 0.15) is 309 Å². The fourth-order valence-electron chi connectivity index (χ4n) is 9.27. The maximum absolute atomic E-state index is 12.9. The van der Waals surface area contributed by atoms with E-state index in [9.17, 15) is 19.4 Å². The minimum Gasteiger partial charge on any atom is -0.756 e. The summed E-state index contributed by atoms with van der Waals surface area (Å²) in [7, 11) is 1.31. The molecule has 0 aliphatic carbocycles. The van der Waals surface area contributed by atoms with Crippen LogP contribution < -0.4 is 10.2 Å². The average Bonchev–Trinajstić information content (AvgIpc) is 3.30. The van der Waals surface area contributed by atoms with Gasteiger partial charge >= 0.3 is 0 Å². The first kappa shape index (κ1) is 67.2. The lowest BCUT2D eigenvalue weighted by atomic mass is 10.0. The summed E-state index contributed by atoms with van der Waals surface area (Å²) >= 11 is 0. The molecule has 68 heavy (non-hydrogen) atoms. The summed E-state index contributed by atoms with van der Waals surface area (Å²) in [4.78, 5) is 25.5. The third-order valence-corrected chi connectivity index (χ3v) is 15.0. The lowest BCUT2D eigenvalue weighted by Crippen LogP contribution is -2.46. The molecule has 1 amide bonds. The largest absolute Gasteiger partial charge is 0.756 e. The molecule has 0 aromatic heterocycles. The van der Waals surface area contributed by atoms with Crippen LogP contribution in [0.3, 0.4) is 0 Å². The predicted molar refractivity (Wildman–Crippen MR) is 293 cm³/mol. The number of amides is 1. The smallest absolute Gasteiger partial charge is 0.268 e. The highest BCUT2D eigenvalue weighted by molar-refractivity contribution is 7.45. The van der Waals surface area contributed by atoms with Crippen molar-refractivity contribution in [2.75, 3.05) is 40.9 Å². The average molecular weight is 984 g/mol. The van der Waals surface area contributed by atoms with E-state index in [2.05, 4.69) is 31.3 Å². The molecule has 0 saturated heterocycles. The van der Waals surface area contributed by atoms with Crippen molar-refractivity contribution in [2.45, 2.75) is 321 Å². The van der Waals surface area contributed by atoms with Crippen LogP contribution >= 0.6 is 7.82 Å². The number of nitrogens with one attached hydrogen (secondary N) is 1. The van der Waals surface area contributed by atoms with Crippen molar-refractivity contribution in [3.8, 4) is 0 Å². The van der Waals surface area contributed by atoms with E-state index in [0.717, 1.165) is 51.4 Å². The maximum Gasteiger partial charge on any atom is 0.268 e. The Hall–Kier alpha value is -0.760. The summed E-state index contributed by atoms with van der Waals surface area (Å²) in [5, 5.41) is 14.0. The van der Waals surface area contributed by atoms with E-state index in [1.165, 1.54) is 231 Å². The lowest BCUT2D eigenvalue weighted by molar-refractivity contribution is -0.870. The molecule has 0 heterocycles. The molecular weight excluding hydrogens is 864 g/mol. The highest BCUT2D eigenvalue weighted by atomic mass is 31.2. The Morgan fingerprint density at radius 1 is 0.500 bits per heavy atom. The van der Waals surface area contributed by atoms with Crippen LogP contribution in [0.4, 0.5) is 0 Å². The molecule has 0 aromatic carbocycles. The highest BCUT2D eigenvalue weighted by Crippen LogP contribution is 2.38. The fraction of sp³-hybridized carbons (Fsp3) is 0.949. The number of phosphoric ester groups is 1. The van der Waals surface area contributed by atoms with Crippen molar-refractivity contribution in [3.63, 3.8) is 0 Å². The molecule has 8 nitrogen and oxygen atoms in total. The highest BCUT2D eigenvalue weighted by Gasteiger charge is 2.24. The first-order valence-corrected chi connectivity index (χ1v) is 31.5. The SMILES string of the molecule is CCCCCCCC/C=C\CCCCCCCC(=O)NC(COP(=O)([O-])OCC[N+](C)(C)C)C(O)CCCCCCCCCCCCCCCCCCCCCCCCCCCCCCCCC. The van der Waals surface area contributed by atoms with E-state index in [1.54, 1.807) is 0 Å². The summed E-state index contributed by atoms with van der Waals surface area (Å²) in [6.45, 7) is 4.75. The molecule has 0 aliphatic heterocycles. The van der Waals surface area contributed by atoms with Crippen LogP contribution in [0.25, 0.3) is 0 Å². The van der Waals surface area contributed by atoms with Crippen molar-refractivity contribution < 1.29 is 32.9 Å². The Bertz CT molecular complexity index is 1120. The van der Waals surface area contributed by atoms with Gasteiger partial charge in [0.2, 0.25) is 5.91 Å². The van der Waals surface area contributed by atoms with Gasteiger partial charge in [-0.2, -0.15) is 0 Å². The van der Waals surface area contributed by atoms with Crippen molar-refractivity contribution in [3.05, 3.63) is 12.2 Å². The zero-order valence-electron chi connectivity index (χ0n) is 46.3. The third-order valence-electron chi connectivity index (χ3n) is 14.0. The number of hydrogen-bond donors (Lipinski definition) is 2. The van der Waals surface area contributed by atoms with Gasteiger partial charge in [-0.25, -0.2) is 0 Å². The maximum atomic E-state index is 12.9. The predicted octanol–water partition coefficient (Wildman–Crippen LogP) is 17.6. The molecule has 3 unspecified atom stereocenters. The Morgan fingerprint density at radius 2 is 0.809 bits per heavy atom. The second-order valence-electron chi connectivity index (χ2n) is 22.1. The number of carbonyl (C=O) groups is 1. The minimum atomic E-state index is -4.57. The van der Waals surface area contributed by atoms with Gasteiger partial charge in [-0.1, -0.05) is 276 Å². The topological polar surface area (TPSA) is 108 Å².